The van der Waals surface area contributed by atoms with Gasteiger partial charge in [-0.15, -0.1) is 0 Å². The lowest BCUT2D eigenvalue weighted by molar-refractivity contribution is -0.139. The second kappa shape index (κ2) is 5.35. The number of nitrogens with zero attached hydrogens (tertiary/aromatic N) is 2. The molecule has 0 spiro atoms. The monoisotopic (exact) mass is 248 g/mol. The van der Waals surface area contributed by atoms with E-state index in [2.05, 4.69) is 4.98 Å². The van der Waals surface area contributed by atoms with Crippen molar-refractivity contribution in [3.63, 3.8) is 0 Å². The SMILES string of the molecule is Cc1nccc(OCCN(C)C)c1C(F)(F)F. The molecule has 1 aromatic heterocycles. The van der Waals surface area contributed by atoms with Crippen LogP contribution < -0.4 is 4.74 Å². The standard InChI is InChI=1S/C11H15F3N2O/c1-8-10(11(12,13)14)9(4-5-15-8)17-7-6-16(2)3/h4-5H,6-7H2,1-3H3. The topological polar surface area (TPSA) is 25.4 Å². The third kappa shape index (κ3) is 3.89. The predicted octanol–water partition coefficient (Wildman–Crippen LogP) is 2.35. The highest BCUT2D eigenvalue weighted by molar-refractivity contribution is 5.37. The third-order valence-electron chi connectivity index (χ3n) is 2.18. The molecule has 0 aliphatic carbocycles. The van der Waals surface area contributed by atoms with Gasteiger partial charge in [-0.05, 0) is 27.1 Å². The number of rotatable bonds is 4. The van der Waals surface area contributed by atoms with Crippen LogP contribution in [0.25, 0.3) is 0 Å². The zero-order valence-corrected chi connectivity index (χ0v) is 10.0. The van der Waals surface area contributed by atoms with Crippen molar-refractivity contribution in [3.05, 3.63) is 23.5 Å². The summed E-state index contributed by atoms with van der Waals surface area (Å²) < 4.78 is 43.4. The number of likely N-dealkylation sites (N-methyl/N-ethyl adjacent to an activating group) is 1. The molecule has 96 valence electrons. The van der Waals surface area contributed by atoms with E-state index in [4.69, 9.17) is 4.74 Å². The van der Waals surface area contributed by atoms with Crippen LogP contribution in [0.15, 0.2) is 12.3 Å². The Morgan fingerprint density at radius 1 is 1.35 bits per heavy atom. The maximum absolute atomic E-state index is 12.8. The van der Waals surface area contributed by atoms with Crippen molar-refractivity contribution in [1.29, 1.82) is 0 Å². The molecule has 0 radical (unpaired) electrons. The van der Waals surface area contributed by atoms with Gasteiger partial charge in [0.2, 0.25) is 0 Å². The fourth-order valence-corrected chi connectivity index (χ4v) is 1.35. The third-order valence-corrected chi connectivity index (χ3v) is 2.18. The molecule has 0 atom stereocenters. The summed E-state index contributed by atoms with van der Waals surface area (Å²) in [5.41, 5.74) is -0.862. The first-order valence-corrected chi connectivity index (χ1v) is 5.12. The molecule has 0 saturated heterocycles. The molecule has 0 saturated carbocycles. The summed E-state index contributed by atoms with van der Waals surface area (Å²) in [7, 11) is 3.65. The number of hydrogen-bond donors (Lipinski definition) is 0. The Balaban J connectivity index is 2.88. The summed E-state index contributed by atoms with van der Waals surface area (Å²) >= 11 is 0. The van der Waals surface area contributed by atoms with Crippen LogP contribution in [0.1, 0.15) is 11.3 Å². The minimum Gasteiger partial charge on any atom is -0.491 e. The summed E-state index contributed by atoms with van der Waals surface area (Å²) in [6.07, 6.45) is -3.12. The first-order chi connectivity index (χ1) is 7.82. The van der Waals surface area contributed by atoms with E-state index in [1.807, 2.05) is 19.0 Å². The summed E-state index contributed by atoms with van der Waals surface area (Å²) in [5.74, 6) is -0.160. The molecule has 1 rings (SSSR count). The van der Waals surface area contributed by atoms with Crippen molar-refractivity contribution in [2.45, 2.75) is 13.1 Å². The number of aryl methyl sites for hydroxylation is 1. The second-order valence-corrected chi connectivity index (χ2v) is 3.92. The highest BCUT2D eigenvalue weighted by atomic mass is 19.4. The van der Waals surface area contributed by atoms with E-state index in [1.165, 1.54) is 19.2 Å². The number of alkyl halides is 3. The van der Waals surface area contributed by atoms with Gasteiger partial charge in [0, 0.05) is 12.7 Å². The molecule has 0 amide bonds. The molecule has 0 aliphatic heterocycles. The van der Waals surface area contributed by atoms with Gasteiger partial charge in [-0.2, -0.15) is 13.2 Å². The highest BCUT2D eigenvalue weighted by Crippen LogP contribution is 2.37. The lowest BCUT2D eigenvalue weighted by Crippen LogP contribution is -2.21. The van der Waals surface area contributed by atoms with Crippen LogP contribution in [0.3, 0.4) is 0 Å². The van der Waals surface area contributed by atoms with Crippen molar-refractivity contribution in [3.8, 4) is 5.75 Å². The molecule has 3 nitrogen and oxygen atoms in total. The number of hydrogen-bond acceptors (Lipinski definition) is 3. The Hall–Kier alpha value is -1.30. The quantitative estimate of drug-likeness (QED) is 0.817. The largest absolute Gasteiger partial charge is 0.491 e. The summed E-state index contributed by atoms with van der Waals surface area (Å²) in [6.45, 7) is 2.08. The molecule has 0 aromatic carbocycles. The van der Waals surface area contributed by atoms with Crippen molar-refractivity contribution >= 4 is 0 Å². The van der Waals surface area contributed by atoms with E-state index in [9.17, 15) is 13.2 Å². The summed E-state index contributed by atoms with van der Waals surface area (Å²) in [6, 6.07) is 1.24. The maximum Gasteiger partial charge on any atom is 0.421 e. The normalized spacial score (nSPS) is 11.9. The lowest BCUT2D eigenvalue weighted by Gasteiger charge is -2.16. The van der Waals surface area contributed by atoms with Crippen LogP contribution in [0.4, 0.5) is 13.2 Å². The molecule has 0 aliphatic rings. The molecule has 17 heavy (non-hydrogen) atoms. The van der Waals surface area contributed by atoms with Gasteiger partial charge in [0.15, 0.2) is 0 Å². The van der Waals surface area contributed by atoms with Gasteiger partial charge in [0.1, 0.15) is 17.9 Å². The van der Waals surface area contributed by atoms with Crippen LogP contribution in [0, 0.1) is 6.92 Å². The van der Waals surface area contributed by atoms with Crippen molar-refractivity contribution < 1.29 is 17.9 Å². The molecule has 1 aromatic rings. The summed E-state index contributed by atoms with van der Waals surface area (Å²) in [5, 5.41) is 0. The maximum atomic E-state index is 12.8. The fourth-order valence-electron chi connectivity index (χ4n) is 1.35. The van der Waals surface area contributed by atoms with Gasteiger partial charge >= 0.3 is 6.18 Å². The van der Waals surface area contributed by atoms with E-state index in [0.29, 0.717) is 6.54 Å². The van der Waals surface area contributed by atoms with E-state index in [-0.39, 0.29) is 18.1 Å². The molecule has 0 unspecified atom stereocenters. The zero-order valence-electron chi connectivity index (χ0n) is 10.0. The van der Waals surface area contributed by atoms with Gasteiger partial charge in [0.05, 0.1) is 5.69 Å². The first kappa shape index (κ1) is 13.8. The Kier molecular flexibility index (Phi) is 4.34. The smallest absolute Gasteiger partial charge is 0.421 e. The Labute approximate surface area is 98.2 Å². The van der Waals surface area contributed by atoms with Crippen LogP contribution in [-0.4, -0.2) is 37.1 Å². The molecule has 6 heteroatoms. The molecule has 0 N–H and O–H groups in total. The van der Waals surface area contributed by atoms with Crippen molar-refractivity contribution in [2.24, 2.45) is 0 Å². The van der Waals surface area contributed by atoms with E-state index in [1.54, 1.807) is 0 Å². The van der Waals surface area contributed by atoms with Gasteiger partial charge in [0.25, 0.3) is 0 Å². The molecular formula is C11H15F3N2O. The Bertz CT molecular complexity index is 377. The molecule has 0 fully saturated rings. The van der Waals surface area contributed by atoms with Crippen LogP contribution in [0.5, 0.6) is 5.75 Å². The van der Waals surface area contributed by atoms with Crippen molar-refractivity contribution in [1.82, 2.24) is 9.88 Å². The van der Waals surface area contributed by atoms with E-state index >= 15 is 0 Å². The summed E-state index contributed by atoms with van der Waals surface area (Å²) in [4.78, 5) is 5.47. The Morgan fingerprint density at radius 2 is 2.00 bits per heavy atom. The molecular weight excluding hydrogens is 233 g/mol. The van der Waals surface area contributed by atoms with Gasteiger partial charge in [-0.25, -0.2) is 0 Å². The predicted molar refractivity (Wildman–Crippen MR) is 58.0 cm³/mol. The first-order valence-electron chi connectivity index (χ1n) is 5.12. The Morgan fingerprint density at radius 3 is 2.53 bits per heavy atom. The van der Waals surface area contributed by atoms with Crippen LogP contribution in [0.2, 0.25) is 0 Å². The average molecular weight is 248 g/mol. The fraction of sp³-hybridized carbons (Fsp3) is 0.545. The molecule has 1 heterocycles. The molecule has 0 bridgehead atoms. The minimum absolute atomic E-state index is 0.0696. The zero-order chi connectivity index (χ0) is 13.1. The lowest BCUT2D eigenvalue weighted by atomic mass is 10.2. The van der Waals surface area contributed by atoms with Crippen LogP contribution >= 0.6 is 0 Å². The number of aromatic nitrogens is 1. The van der Waals surface area contributed by atoms with Gasteiger partial charge in [-0.3, -0.25) is 4.98 Å². The number of pyridine rings is 1. The highest BCUT2D eigenvalue weighted by Gasteiger charge is 2.36. The van der Waals surface area contributed by atoms with Gasteiger partial charge < -0.3 is 9.64 Å². The number of halogens is 3. The van der Waals surface area contributed by atoms with Crippen LogP contribution in [-0.2, 0) is 6.18 Å². The van der Waals surface area contributed by atoms with Gasteiger partial charge in [-0.1, -0.05) is 0 Å². The average Bonchev–Trinajstić information content (AvgIpc) is 2.14. The van der Waals surface area contributed by atoms with E-state index in [0.717, 1.165) is 0 Å². The minimum atomic E-state index is -4.44. The number of ether oxygens (including phenoxy) is 1. The second-order valence-electron chi connectivity index (χ2n) is 3.92. The van der Waals surface area contributed by atoms with Crippen molar-refractivity contribution in [2.75, 3.05) is 27.2 Å². The van der Waals surface area contributed by atoms with E-state index < -0.39 is 11.7 Å².